The summed E-state index contributed by atoms with van der Waals surface area (Å²) < 4.78 is 1.93. The summed E-state index contributed by atoms with van der Waals surface area (Å²) in [6, 6.07) is 10.1. The molecule has 1 aliphatic heterocycles. The Bertz CT molecular complexity index is 953. The maximum atomic E-state index is 13.0. The van der Waals surface area contributed by atoms with Crippen LogP contribution in [0.2, 0.25) is 0 Å². The van der Waals surface area contributed by atoms with Crippen LogP contribution < -0.4 is 4.90 Å². The first-order valence-corrected chi connectivity index (χ1v) is 10.1. The molecule has 150 valence electrons. The molecule has 3 aromatic rings. The molecule has 0 saturated carbocycles. The molecule has 7 heteroatoms. The summed E-state index contributed by atoms with van der Waals surface area (Å²) in [7, 11) is 1.94. The highest BCUT2D eigenvalue weighted by atomic mass is 16.2. The number of amides is 1. The lowest BCUT2D eigenvalue weighted by Crippen LogP contribution is -2.31. The van der Waals surface area contributed by atoms with Crippen molar-refractivity contribution < 1.29 is 4.79 Å². The quantitative estimate of drug-likeness (QED) is 0.647. The number of carbonyl (C=O) groups excluding carboxylic acids is 1. The average Bonchev–Trinajstić information content (AvgIpc) is 3.41. The van der Waals surface area contributed by atoms with Gasteiger partial charge in [-0.3, -0.25) is 9.78 Å². The maximum Gasteiger partial charge on any atom is 0.255 e. The number of imidazole rings is 1. The molecule has 0 N–H and O–H groups in total. The van der Waals surface area contributed by atoms with Crippen molar-refractivity contribution in [3.05, 3.63) is 72.2 Å². The van der Waals surface area contributed by atoms with Crippen molar-refractivity contribution >= 4 is 11.7 Å². The second-order valence-electron chi connectivity index (χ2n) is 7.28. The van der Waals surface area contributed by atoms with E-state index in [1.807, 2.05) is 55.2 Å². The van der Waals surface area contributed by atoms with Crippen LogP contribution in [0.5, 0.6) is 0 Å². The number of pyridine rings is 2. The van der Waals surface area contributed by atoms with Crippen LogP contribution >= 0.6 is 0 Å². The van der Waals surface area contributed by atoms with Crippen LogP contribution in [0.3, 0.4) is 0 Å². The number of anilines is 1. The molecule has 4 heterocycles. The van der Waals surface area contributed by atoms with Crippen LogP contribution in [0.25, 0.3) is 0 Å². The zero-order valence-corrected chi connectivity index (χ0v) is 16.9. The van der Waals surface area contributed by atoms with Gasteiger partial charge in [0.05, 0.1) is 23.8 Å². The zero-order chi connectivity index (χ0) is 20.2. The van der Waals surface area contributed by atoms with Crippen LogP contribution in [-0.4, -0.2) is 43.4 Å². The number of nitrogens with zero attached hydrogens (tertiary/aromatic N) is 6. The Hall–Kier alpha value is -3.22. The summed E-state index contributed by atoms with van der Waals surface area (Å²) in [5, 5.41) is 0. The van der Waals surface area contributed by atoms with E-state index in [4.69, 9.17) is 0 Å². The fourth-order valence-corrected chi connectivity index (χ4v) is 3.83. The molecule has 1 fully saturated rings. The molecule has 1 atom stereocenters. The van der Waals surface area contributed by atoms with E-state index in [1.54, 1.807) is 17.3 Å². The second-order valence-corrected chi connectivity index (χ2v) is 7.28. The number of aromatic nitrogens is 4. The Kier molecular flexibility index (Phi) is 5.55. The van der Waals surface area contributed by atoms with Gasteiger partial charge in [-0.05, 0) is 44.0 Å². The van der Waals surface area contributed by atoms with Gasteiger partial charge in [0.15, 0.2) is 0 Å². The summed E-state index contributed by atoms with van der Waals surface area (Å²) >= 11 is 0. The molecule has 0 bridgehead atoms. The molecule has 0 aromatic carbocycles. The third-order valence-corrected chi connectivity index (χ3v) is 5.49. The van der Waals surface area contributed by atoms with Crippen LogP contribution in [0.1, 0.15) is 47.7 Å². The third kappa shape index (κ3) is 3.99. The molecule has 0 aliphatic carbocycles. The fourth-order valence-electron chi connectivity index (χ4n) is 3.83. The lowest BCUT2D eigenvalue weighted by atomic mass is 10.1. The first-order chi connectivity index (χ1) is 14.2. The first kappa shape index (κ1) is 19.1. The number of carbonyl (C=O) groups is 1. The SMILES string of the molecule is CCN(Cc1nccn1C)C(=O)c1ccc(N2CCCC2c2ccccn2)nc1. The van der Waals surface area contributed by atoms with E-state index in [2.05, 4.69) is 25.9 Å². The largest absolute Gasteiger partial charge is 0.348 e. The number of aryl methyl sites for hydroxylation is 1. The predicted octanol–water partition coefficient (Wildman–Crippen LogP) is 3.21. The summed E-state index contributed by atoms with van der Waals surface area (Å²) in [5.41, 5.74) is 1.66. The van der Waals surface area contributed by atoms with E-state index in [1.165, 1.54) is 0 Å². The van der Waals surface area contributed by atoms with Gasteiger partial charge in [-0.2, -0.15) is 0 Å². The van der Waals surface area contributed by atoms with E-state index in [-0.39, 0.29) is 11.9 Å². The first-order valence-electron chi connectivity index (χ1n) is 10.1. The molecule has 0 radical (unpaired) electrons. The van der Waals surface area contributed by atoms with Crippen molar-refractivity contribution in [2.45, 2.75) is 32.4 Å². The van der Waals surface area contributed by atoms with Gasteiger partial charge in [-0.25, -0.2) is 9.97 Å². The number of rotatable bonds is 6. The molecular formula is C22H26N6O. The standard InChI is InChI=1S/C22H26N6O/c1-3-27(16-21-24-12-14-26(21)2)22(29)17-9-10-20(25-15-17)28-13-6-8-19(28)18-7-4-5-11-23-18/h4-5,7,9-12,14-15,19H,3,6,8,13,16H2,1-2H3. The Labute approximate surface area is 171 Å². The summed E-state index contributed by atoms with van der Waals surface area (Å²) in [4.78, 5) is 30.5. The van der Waals surface area contributed by atoms with Gasteiger partial charge >= 0.3 is 0 Å². The summed E-state index contributed by atoms with van der Waals surface area (Å²) in [6.07, 6.45) is 9.33. The van der Waals surface area contributed by atoms with E-state index in [0.717, 1.165) is 36.7 Å². The lowest BCUT2D eigenvalue weighted by Gasteiger charge is -2.26. The van der Waals surface area contributed by atoms with Crippen LogP contribution in [0, 0.1) is 0 Å². The van der Waals surface area contributed by atoms with Crippen LogP contribution in [0.4, 0.5) is 5.82 Å². The third-order valence-electron chi connectivity index (χ3n) is 5.49. The molecule has 1 amide bonds. The van der Waals surface area contributed by atoms with Crippen molar-refractivity contribution in [1.82, 2.24) is 24.4 Å². The molecule has 7 nitrogen and oxygen atoms in total. The highest BCUT2D eigenvalue weighted by Crippen LogP contribution is 2.34. The van der Waals surface area contributed by atoms with E-state index >= 15 is 0 Å². The molecule has 29 heavy (non-hydrogen) atoms. The second kappa shape index (κ2) is 8.43. The van der Waals surface area contributed by atoms with Gasteiger partial charge in [0.1, 0.15) is 11.6 Å². The Morgan fingerprint density at radius 3 is 2.72 bits per heavy atom. The zero-order valence-electron chi connectivity index (χ0n) is 16.9. The average molecular weight is 390 g/mol. The van der Waals surface area contributed by atoms with Crippen molar-refractivity contribution in [2.24, 2.45) is 7.05 Å². The lowest BCUT2D eigenvalue weighted by molar-refractivity contribution is 0.0747. The molecule has 1 aliphatic rings. The molecule has 1 unspecified atom stereocenters. The molecule has 1 saturated heterocycles. The fraction of sp³-hybridized carbons (Fsp3) is 0.364. The van der Waals surface area contributed by atoms with Crippen molar-refractivity contribution in [2.75, 3.05) is 18.0 Å². The molecule has 3 aromatic heterocycles. The molecule has 4 rings (SSSR count). The highest BCUT2D eigenvalue weighted by molar-refractivity contribution is 5.94. The minimum atomic E-state index is -0.0303. The Morgan fingerprint density at radius 2 is 2.07 bits per heavy atom. The minimum absolute atomic E-state index is 0.0303. The van der Waals surface area contributed by atoms with Gasteiger partial charge in [-0.1, -0.05) is 6.07 Å². The minimum Gasteiger partial charge on any atom is -0.348 e. The van der Waals surface area contributed by atoms with Crippen LogP contribution in [0.15, 0.2) is 55.1 Å². The Morgan fingerprint density at radius 1 is 1.17 bits per heavy atom. The summed E-state index contributed by atoms with van der Waals surface area (Å²) in [6.45, 7) is 4.02. The van der Waals surface area contributed by atoms with Crippen molar-refractivity contribution in [3.63, 3.8) is 0 Å². The topological polar surface area (TPSA) is 67.2 Å². The van der Waals surface area contributed by atoms with E-state index < -0.39 is 0 Å². The number of hydrogen-bond donors (Lipinski definition) is 0. The van der Waals surface area contributed by atoms with Crippen molar-refractivity contribution in [1.29, 1.82) is 0 Å². The van der Waals surface area contributed by atoms with E-state index in [0.29, 0.717) is 18.7 Å². The maximum absolute atomic E-state index is 13.0. The Balaban J connectivity index is 1.49. The monoisotopic (exact) mass is 390 g/mol. The van der Waals surface area contributed by atoms with Gasteiger partial charge in [0, 0.05) is 44.9 Å². The van der Waals surface area contributed by atoms with Crippen LogP contribution in [-0.2, 0) is 13.6 Å². The smallest absolute Gasteiger partial charge is 0.255 e. The van der Waals surface area contributed by atoms with Gasteiger partial charge < -0.3 is 14.4 Å². The van der Waals surface area contributed by atoms with Gasteiger partial charge in [0.2, 0.25) is 0 Å². The van der Waals surface area contributed by atoms with Crippen molar-refractivity contribution in [3.8, 4) is 0 Å². The molecular weight excluding hydrogens is 364 g/mol. The predicted molar refractivity (Wildman–Crippen MR) is 111 cm³/mol. The normalized spacial score (nSPS) is 16.2. The molecule has 0 spiro atoms. The number of hydrogen-bond acceptors (Lipinski definition) is 5. The van der Waals surface area contributed by atoms with Gasteiger partial charge in [-0.15, -0.1) is 0 Å². The van der Waals surface area contributed by atoms with Gasteiger partial charge in [0.25, 0.3) is 5.91 Å². The highest BCUT2D eigenvalue weighted by Gasteiger charge is 2.28. The summed E-state index contributed by atoms with van der Waals surface area (Å²) in [5.74, 6) is 1.72. The van der Waals surface area contributed by atoms with E-state index in [9.17, 15) is 4.79 Å².